The Morgan fingerprint density at radius 2 is 2.17 bits per heavy atom. The number of H-pyrrole nitrogens is 1. The first-order chi connectivity index (χ1) is 11.5. The molecule has 0 bridgehead atoms. The number of furan rings is 1. The van der Waals surface area contributed by atoms with Crippen LogP contribution in [0.15, 0.2) is 33.6 Å². The van der Waals surface area contributed by atoms with Gasteiger partial charge in [-0.2, -0.15) is 0 Å². The molecule has 1 N–H and O–H groups in total. The quantitative estimate of drug-likeness (QED) is 0.900. The van der Waals surface area contributed by atoms with E-state index in [4.69, 9.17) is 16.0 Å². The number of pyridine rings is 1. The molecule has 2 atom stereocenters. The number of carbonyl (C=O) groups excluding carboxylic acids is 1. The second-order valence-corrected chi connectivity index (χ2v) is 7.26. The number of nitrogens with one attached hydrogen (secondary N) is 1. The van der Waals surface area contributed by atoms with E-state index in [-0.39, 0.29) is 22.5 Å². The van der Waals surface area contributed by atoms with Crippen LogP contribution in [-0.2, 0) is 6.54 Å². The standard InChI is InChI=1S/C18H19ClN2O3/c1-10-6-14(10)16-5-4-13(24-16)9-21(12-2-3-12)18(23)11-7-15(19)17(22)20-8-11/h4-5,7-8,10,12,14H,2-3,6,9H2,1H3,(H,20,22). The lowest BCUT2D eigenvalue weighted by atomic mass is 10.2. The van der Waals surface area contributed by atoms with E-state index in [0.717, 1.165) is 24.4 Å². The molecule has 0 radical (unpaired) electrons. The van der Waals surface area contributed by atoms with Crippen molar-refractivity contribution < 1.29 is 9.21 Å². The van der Waals surface area contributed by atoms with Crippen LogP contribution >= 0.6 is 11.6 Å². The van der Waals surface area contributed by atoms with Crippen LogP contribution in [-0.4, -0.2) is 21.8 Å². The second-order valence-electron chi connectivity index (χ2n) is 6.85. The molecule has 1 amide bonds. The summed E-state index contributed by atoms with van der Waals surface area (Å²) in [6.07, 6.45) is 4.59. The number of hydrogen-bond acceptors (Lipinski definition) is 3. The fraction of sp³-hybridized carbons (Fsp3) is 0.444. The molecule has 0 aromatic carbocycles. The predicted octanol–water partition coefficient (Wildman–Crippen LogP) is 3.55. The van der Waals surface area contributed by atoms with Crippen LogP contribution in [0.3, 0.4) is 0 Å². The lowest BCUT2D eigenvalue weighted by Crippen LogP contribution is -2.33. The van der Waals surface area contributed by atoms with Gasteiger partial charge in [0.2, 0.25) is 0 Å². The lowest BCUT2D eigenvalue weighted by molar-refractivity contribution is 0.0716. The van der Waals surface area contributed by atoms with Gasteiger partial charge in [0.1, 0.15) is 16.5 Å². The van der Waals surface area contributed by atoms with Crippen molar-refractivity contribution in [1.82, 2.24) is 9.88 Å². The molecule has 2 fully saturated rings. The van der Waals surface area contributed by atoms with Crippen molar-refractivity contribution in [2.24, 2.45) is 5.92 Å². The monoisotopic (exact) mass is 346 g/mol. The van der Waals surface area contributed by atoms with Gasteiger partial charge in [-0.3, -0.25) is 9.59 Å². The molecule has 0 saturated heterocycles. The molecule has 126 valence electrons. The third kappa shape index (κ3) is 3.00. The summed E-state index contributed by atoms with van der Waals surface area (Å²) >= 11 is 5.84. The van der Waals surface area contributed by atoms with Crippen LogP contribution in [0.1, 0.15) is 54.0 Å². The number of aromatic nitrogens is 1. The third-order valence-corrected chi connectivity index (χ3v) is 5.12. The average Bonchev–Trinajstić information content (AvgIpc) is 3.48. The summed E-state index contributed by atoms with van der Waals surface area (Å²) in [5.41, 5.74) is 0.00881. The minimum Gasteiger partial charge on any atom is -0.464 e. The molecule has 2 aromatic heterocycles. The summed E-state index contributed by atoms with van der Waals surface area (Å²) in [7, 11) is 0. The zero-order valence-electron chi connectivity index (χ0n) is 13.4. The maximum absolute atomic E-state index is 12.8. The molecule has 2 unspecified atom stereocenters. The molecule has 2 saturated carbocycles. The highest BCUT2D eigenvalue weighted by atomic mass is 35.5. The van der Waals surface area contributed by atoms with E-state index in [1.54, 1.807) is 0 Å². The van der Waals surface area contributed by atoms with Crippen molar-refractivity contribution in [3.05, 3.63) is 56.9 Å². The summed E-state index contributed by atoms with van der Waals surface area (Å²) in [4.78, 5) is 28.5. The first kappa shape index (κ1) is 15.5. The lowest BCUT2D eigenvalue weighted by Gasteiger charge is -2.21. The minimum atomic E-state index is -0.389. The van der Waals surface area contributed by atoms with E-state index in [0.29, 0.717) is 23.9 Å². The van der Waals surface area contributed by atoms with E-state index in [2.05, 4.69) is 11.9 Å². The van der Waals surface area contributed by atoms with Gasteiger partial charge in [-0.05, 0) is 43.4 Å². The van der Waals surface area contributed by atoms with Crippen LogP contribution in [0.2, 0.25) is 5.02 Å². The van der Waals surface area contributed by atoms with Gasteiger partial charge >= 0.3 is 0 Å². The number of hydrogen-bond donors (Lipinski definition) is 1. The molecule has 2 aliphatic rings. The van der Waals surface area contributed by atoms with E-state index >= 15 is 0 Å². The summed E-state index contributed by atoms with van der Waals surface area (Å²) < 4.78 is 5.94. The van der Waals surface area contributed by atoms with Crippen molar-refractivity contribution in [2.75, 3.05) is 0 Å². The largest absolute Gasteiger partial charge is 0.464 e. The molecule has 6 heteroatoms. The molecular formula is C18H19ClN2O3. The van der Waals surface area contributed by atoms with E-state index in [1.165, 1.54) is 18.7 Å². The van der Waals surface area contributed by atoms with Gasteiger partial charge in [-0.15, -0.1) is 0 Å². The zero-order valence-corrected chi connectivity index (χ0v) is 14.2. The highest BCUT2D eigenvalue weighted by Gasteiger charge is 2.37. The van der Waals surface area contributed by atoms with E-state index in [1.807, 2.05) is 17.0 Å². The maximum Gasteiger partial charge on any atom is 0.266 e. The van der Waals surface area contributed by atoms with Crippen molar-refractivity contribution in [3.8, 4) is 0 Å². The van der Waals surface area contributed by atoms with Crippen molar-refractivity contribution in [2.45, 2.75) is 44.7 Å². The van der Waals surface area contributed by atoms with Crippen LogP contribution < -0.4 is 5.56 Å². The Hall–Kier alpha value is -2.01. The van der Waals surface area contributed by atoms with Crippen LogP contribution in [0.4, 0.5) is 0 Å². The van der Waals surface area contributed by atoms with Gasteiger partial charge < -0.3 is 14.3 Å². The molecule has 0 aliphatic heterocycles. The number of amides is 1. The minimum absolute atomic E-state index is 0.0274. The first-order valence-electron chi connectivity index (χ1n) is 8.30. The van der Waals surface area contributed by atoms with Gasteiger partial charge in [-0.1, -0.05) is 18.5 Å². The van der Waals surface area contributed by atoms with Crippen LogP contribution in [0, 0.1) is 5.92 Å². The Kier molecular flexibility index (Phi) is 3.76. The normalized spacial score (nSPS) is 22.4. The van der Waals surface area contributed by atoms with E-state index < -0.39 is 0 Å². The topological polar surface area (TPSA) is 66.3 Å². The smallest absolute Gasteiger partial charge is 0.266 e. The number of halogens is 1. The van der Waals surface area contributed by atoms with Gasteiger partial charge in [0.25, 0.3) is 11.5 Å². The fourth-order valence-corrected chi connectivity index (χ4v) is 3.24. The number of aromatic amines is 1. The van der Waals surface area contributed by atoms with Crippen LogP contribution in [0.5, 0.6) is 0 Å². The fourth-order valence-electron chi connectivity index (χ4n) is 3.06. The van der Waals surface area contributed by atoms with Crippen molar-refractivity contribution >= 4 is 17.5 Å². The Bertz CT molecular complexity index is 837. The van der Waals surface area contributed by atoms with Crippen molar-refractivity contribution in [3.63, 3.8) is 0 Å². The Balaban J connectivity index is 1.53. The summed E-state index contributed by atoms with van der Waals surface area (Å²) in [5, 5.41) is 0.0274. The van der Waals surface area contributed by atoms with Crippen LogP contribution in [0.25, 0.3) is 0 Å². The summed E-state index contributed by atoms with van der Waals surface area (Å²) in [5.74, 6) is 2.91. The third-order valence-electron chi connectivity index (χ3n) is 4.84. The number of carbonyl (C=O) groups is 1. The molecule has 4 rings (SSSR count). The molecule has 2 heterocycles. The molecule has 24 heavy (non-hydrogen) atoms. The summed E-state index contributed by atoms with van der Waals surface area (Å²) in [6.45, 7) is 2.66. The maximum atomic E-state index is 12.8. The SMILES string of the molecule is CC1CC1c1ccc(CN(C(=O)c2c[nH]c(=O)c(Cl)c2)C2CC2)o1. The summed E-state index contributed by atoms with van der Waals surface area (Å²) in [6, 6.07) is 5.65. The highest BCUT2D eigenvalue weighted by molar-refractivity contribution is 6.30. The molecular weight excluding hydrogens is 328 g/mol. The molecule has 2 aliphatic carbocycles. The number of rotatable bonds is 5. The van der Waals surface area contributed by atoms with E-state index in [9.17, 15) is 9.59 Å². The van der Waals surface area contributed by atoms with Gasteiger partial charge in [-0.25, -0.2) is 0 Å². The Labute approximate surface area is 144 Å². The predicted molar refractivity (Wildman–Crippen MR) is 90.2 cm³/mol. The molecule has 5 nitrogen and oxygen atoms in total. The average molecular weight is 347 g/mol. The highest BCUT2D eigenvalue weighted by Crippen LogP contribution is 2.47. The molecule has 2 aromatic rings. The first-order valence-corrected chi connectivity index (χ1v) is 8.68. The van der Waals surface area contributed by atoms with Gasteiger partial charge in [0, 0.05) is 18.2 Å². The van der Waals surface area contributed by atoms with Crippen molar-refractivity contribution in [1.29, 1.82) is 0 Å². The Morgan fingerprint density at radius 1 is 1.42 bits per heavy atom. The number of nitrogens with zero attached hydrogens (tertiary/aromatic N) is 1. The molecule has 0 spiro atoms. The zero-order chi connectivity index (χ0) is 16.8. The van der Waals surface area contributed by atoms with Gasteiger partial charge in [0.05, 0.1) is 12.1 Å². The Morgan fingerprint density at radius 3 is 2.79 bits per heavy atom. The van der Waals surface area contributed by atoms with Gasteiger partial charge in [0.15, 0.2) is 0 Å². The second kappa shape index (κ2) is 5.81.